The number of benzene rings is 2. The van der Waals surface area contributed by atoms with Crippen molar-refractivity contribution in [2.45, 2.75) is 0 Å². The molecule has 5 heteroatoms. The topological polar surface area (TPSA) is 98.0 Å². The van der Waals surface area contributed by atoms with Crippen molar-refractivity contribution < 1.29 is 30.9 Å². The minimum absolute atomic E-state index is 0. The van der Waals surface area contributed by atoms with Crippen LogP contribution in [0.15, 0.2) is 36.4 Å². The van der Waals surface area contributed by atoms with E-state index < -0.39 is 5.78 Å². The highest BCUT2D eigenvalue weighted by Gasteiger charge is 2.17. The Balaban J connectivity index is -0.000000902. The normalized spacial score (nSPS) is 10.2. The van der Waals surface area contributed by atoms with E-state index in [1.54, 1.807) is 0 Å². The summed E-state index contributed by atoms with van der Waals surface area (Å²) in [6, 6.07) is 7.07. The van der Waals surface area contributed by atoms with Crippen LogP contribution in [0.4, 0.5) is 0 Å². The van der Waals surface area contributed by atoms with E-state index in [9.17, 15) is 15.0 Å². The summed E-state index contributed by atoms with van der Waals surface area (Å²) in [4.78, 5) is 12.0. The van der Waals surface area contributed by atoms with Gasteiger partial charge in [-0.1, -0.05) is 0 Å². The van der Waals surface area contributed by atoms with Gasteiger partial charge in [0.15, 0.2) is 5.78 Å². The first kappa shape index (κ1) is 11.8. The minimum Gasteiger partial charge on any atom is -0.508 e. The zero-order chi connectivity index (χ0) is 13.3. The lowest BCUT2D eigenvalue weighted by atomic mass is 10.0. The van der Waals surface area contributed by atoms with E-state index in [0.29, 0.717) is 0 Å². The molecule has 0 atom stereocenters. The number of rotatable bonds is 2. The molecule has 2 aromatic carbocycles. The van der Waals surface area contributed by atoms with Gasteiger partial charge < -0.3 is 20.4 Å². The Morgan fingerprint density at radius 2 is 1.17 bits per heavy atom. The predicted molar refractivity (Wildman–Crippen MR) is 71.4 cm³/mol. The molecule has 0 aliphatic carbocycles. The lowest BCUT2D eigenvalue weighted by Crippen LogP contribution is -2.01. The molecule has 0 saturated carbocycles. The van der Waals surface area contributed by atoms with Crippen LogP contribution < -0.4 is 0 Å². The maximum Gasteiger partial charge on any atom is 0.200 e. The number of carbonyl (C=O) groups excluding carboxylic acids is 1. The van der Waals surface area contributed by atoms with Crippen LogP contribution in [0.25, 0.3) is 0 Å². The Hall–Kier alpha value is -2.69. The Bertz CT molecular complexity index is 580. The van der Waals surface area contributed by atoms with E-state index in [0.717, 1.165) is 12.1 Å². The largest absolute Gasteiger partial charge is 0.508 e. The van der Waals surface area contributed by atoms with Crippen LogP contribution in [-0.2, 0) is 0 Å². The number of phenolic OH excluding ortho intramolecular Hbond substituents is 4. The van der Waals surface area contributed by atoms with Crippen LogP contribution in [-0.4, -0.2) is 26.2 Å². The Kier molecular flexibility index (Phi) is 2.81. The highest BCUT2D eigenvalue weighted by molar-refractivity contribution is 6.12. The summed E-state index contributed by atoms with van der Waals surface area (Å²) in [7, 11) is 0. The minimum atomic E-state index is -0.606. The third-order valence-electron chi connectivity index (χ3n) is 2.45. The second-order valence-electron chi connectivity index (χ2n) is 3.73. The fourth-order valence-electron chi connectivity index (χ4n) is 1.57. The van der Waals surface area contributed by atoms with Gasteiger partial charge in [0, 0.05) is 17.8 Å². The number of hydrogen-bond donors (Lipinski definition) is 4. The molecule has 0 spiro atoms. The lowest BCUT2D eigenvalue weighted by molar-refractivity contribution is 0.103. The highest BCUT2D eigenvalue weighted by atomic mass is 16.3. The zero-order valence-electron chi connectivity index (χ0n) is 9.16. The van der Waals surface area contributed by atoms with Crippen molar-refractivity contribution in [3.63, 3.8) is 0 Å². The number of aromatic hydroxyl groups is 4. The van der Waals surface area contributed by atoms with Gasteiger partial charge in [-0.15, -0.1) is 0 Å². The maximum absolute atomic E-state index is 12.0. The van der Waals surface area contributed by atoms with E-state index in [4.69, 9.17) is 10.2 Å². The first-order valence-electron chi connectivity index (χ1n) is 5.07. The number of hydrogen-bond acceptors (Lipinski definition) is 5. The summed E-state index contributed by atoms with van der Waals surface area (Å²) in [5.74, 6) is -1.71. The fraction of sp³-hybridized carbons (Fsp3) is 0. The van der Waals surface area contributed by atoms with E-state index in [1.807, 2.05) is 0 Å². The van der Waals surface area contributed by atoms with Gasteiger partial charge in [0.2, 0.25) is 0 Å². The van der Waals surface area contributed by atoms with E-state index in [1.165, 1.54) is 24.3 Å². The Morgan fingerprint density at radius 1 is 0.778 bits per heavy atom. The van der Waals surface area contributed by atoms with Gasteiger partial charge in [0.05, 0.1) is 11.1 Å². The molecule has 0 aliphatic heterocycles. The molecular weight excluding hydrogens is 236 g/mol. The molecule has 0 aliphatic rings. The smallest absolute Gasteiger partial charge is 0.200 e. The summed E-state index contributed by atoms with van der Waals surface area (Å²) >= 11 is 0. The van der Waals surface area contributed by atoms with E-state index in [2.05, 4.69) is 0 Å². The SMILES string of the molecule is O=C(c1ccc(O)cc1O)c1ccc(O)cc1O.[HH].[HH].[HH].[HH]. The molecule has 0 saturated heterocycles. The highest BCUT2D eigenvalue weighted by Crippen LogP contribution is 2.29. The monoisotopic (exact) mass is 254 g/mol. The van der Waals surface area contributed by atoms with Crippen molar-refractivity contribution in [2.75, 3.05) is 0 Å². The number of carbonyl (C=O) groups is 1. The molecule has 2 aromatic rings. The molecule has 4 N–H and O–H groups in total. The van der Waals surface area contributed by atoms with Crippen molar-refractivity contribution in [3.05, 3.63) is 47.5 Å². The van der Waals surface area contributed by atoms with Crippen molar-refractivity contribution in [3.8, 4) is 23.0 Å². The Labute approximate surface area is 108 Å². The second kappa shape index (κ2) is 4.29. The van der Waals surface area contributed by atoms with Crippen molar-refractivity contribution in [1.29, 1.82) is 0 Å². The van der Waals surface area contributed by atoms with E-state index >= 15 is 0 Å². The van der Waals surface area contributed by atoms with Gasteiger partial charge in [0.25, 0.3) is 0 Å². The molecule has 0 heterocycles. The van der Waals surface area contributed by atoms with Gasteiger partial charge in [-0.2, -0.15) is 0 Å². The van der Waals surface area contributed by atoms with E-state index in [-0.39, 0.29) is 39.8 Å². The number of phenols is 4. The molecule has 0 bridgehead atoms. The Morgan fingerprint density at radius 3 is 1.50 bits per heavy atom. The first-order chi connectivity index (χ1) is 8.49. The second-order valence-corrected chi connectivity index (χ2v) is 3.73. The molecule has 0 fully saturated rings. The summed E-state index contributed by atoms with van der Waals surface area (Å²) in [6.45, 7) is 0. The van der Waals surface area contributed by atoms with Crippen LogP contribution in [0.2, 0.25) is 0 Å². The third kappa shape index (κ3) is 2.06. The summed E-state index contributed by atoms with van der Waals surface area (Å²) in [5.41, 5.74) is -0.0948. The van der Waals surface area contributed by atoms with Gasteiger partial charge in [-0.05, 0) is 24.3 Å². The van der Waals surface area contributed by atoms with Crippen molar-refractivity contribution >= 4 is 5.78 Å². The van der Waals surface area contributed by atoms with Crippen molar-refractivity contribution in [2.24, 2.45) is 0 Å². The first-order valence-corrected chi connectivity index (χ1v) is 5.07. The van der Waals surface area contributed by atoms with Crippen LogP contribution in [0.5, 0.6) is 23.0 Å². The molecule has 0 aromatic heterocycles. The quantitative estimate of drug-likeness (QED) is 0.618. The molecule has 0 unspecified atom stereocenters. The fourth-order valence-corrected chi connectivity index (χ4v) is 1.57. The van der Waals surface area contributed by atoms with Crippen LogP contribution in [0, 0.1) is 0 Å². The van der Waals surface area contributed by atoms with Crippen LogP contribution in [0.1, 0.15) is 21.6 Å². The average Bonchev–Trinajstić information content (AvgIpc) is 2.28. The molecular formula is C13H18O5. The van der Waals surface area contributed by atoms with Gasteiger partial charge in [0.1, 0.15) is 23.0 Å². The van der Waals surface area contributed by atoms with Crippen molar-refractivity contribution in [1.82, 2.24) is 0 Å². The molecule has 2 rings (SSSR count). The lowest BCUT2D eigenvalue weighted by Gasteiger charge is -2.06. The van der Waals surface area contributed by atoms with Gasteiger partial charge >= 0.3 is 0 Å². The molecule has 0 amide bonds. The summed E-state index contributed by atoms with van der Waals surface area (Å²) < 4.78 is 0. The zero-order valence-corrected chi connectivity index (χ0v) is 9.16. The summed E-state index contributed by atoms with van der Waals surface area (Å²) in [5, 5.41) is 37.4. The van der Waals surface area contributed by atoms with Gasteiger partial charge in [-0.25, -0.2) is 0 Å². The molecule has 0 radical (unpaired) electrons. The predicted octanol–water partition coefficient (Wildman–Crippen LogP) is 2.72. The molecule has 100 valence electrons. The standard InChI is InChI=1S/C13H10O5.4H2/c14-7-1-3-9(11(16)5-7)13(18)10-4-2-8(15)6-12(10)17;;;;/h1-6,14-17H;4*1H. The van der Waals surface area contributed by atoms with Crippen LogP contribution in [0.3, 0.4) is 0 Å². The van der Waals surface area contributed by atoms with Crippen LogP contribution >= 0.6 is 0 Å². The third-order valence-corrected chi connectivity index (χ3v) is 2.45. The maximum atomic E-state index is 12.0. The molecule has 18 heavy (non-hydrogen) atoms. The summed E-state index contributed by atoms with van der Waals surface area (Å²) in [6.07, 6.45) is 0. The molecule has 5 nitrogen and oxygen atoms in total. The number of ketones is 1. The van der Waals surface area contributed by atoms with Gasteiger partial charge in [-0.3, -0.25) is 4.79 Å². The average molecular weight is 254 g/mol.